The molecule has 0 amide bonds. The van der Waals surface area contributed by atoms with Crippen LogP contribution in [0, 0.1) is 6.92 Å². The van der Waals surface area contributed by atoms with E-state index in [2.05, 4.69) is 6.07 Å². The molecule has 0 aliphatic rings. The Labute approximate surface area is 108 Å². The molecule has 3 nitrogen and oxygen atoms in total. The normalized spacial score (nSPS) is 12.5. The van der Waals surface area contributed by atoms with E-state index in [4.69, 9.17) is 0 Å². The van der Waals surface area contributed by atoms with Crippen molar-refractivity contribution in [1.82, 2.24) is 4.57 Å². The number of aromatic nitrogens is 1. The summed E-state index contributed by atoms with van der Waals surface area (Å²) in [4.78, 5) is 0. The second-order valence-corrected chi connectivity index (χ2v) is 7.70. The molecule has 98 valence electrons. The molecular formula is C14H19NO2S. The van der Waals surface area contributed by atoms with Crippen molar-refractivity contribution in [1.29, 1.82) is 0 Å². The Balaban J connectivity index is 2.56. The van der Waals surface area contributed by atoms with Crippen molar-refractivity contribution in [3.8, 4) is 0 Å². The lowest BCUT2D eigenvalue weighted by molar-refractivity contribution is 0.586. The molecule has 0 radical (unpaired) electrons. The maximum absolute atomic E-state index is 12.0. The predicted molar refractivity (Wildman–Crippen MR) is 75.4 cm³/mol. The first-order valence-corrected chi connectivity index (χ1v) is 7.79. The summed E-state index contributed by atoms with van der Waals surface area (Å²) in [7, 11) is -1.11. The van der Waals surface area contributed by atoms with Crippen molar-refractivity contribution in [2.75, 3.05) is 0 Å². The van der Waals surface area contributed by atoms with Crippen molar-refractivity contribution in [2.45, 2.75) is 31.8 Å². The average molecular weight is 265 g/mol. The molecule has 0 saturated carbocycles. The van der Waals surface area contributed by atoms with Gasteiger partial charge in [0.05, 0.1) is 11.0 Å². The van der Waals surface area contributed by atoms with Gasteiger partial charge in [0.15, 0.2) is 9.84 Å². The Morgan fingerprint density at radius 2 is 1.94 bits per heavy atom. The minimum absolute atomic E-state index is 0.117. The molecule has 0 saturated heterocycles. The van der Waals surface area contributed by atoms with E-state index in [-0.39, 0.29) is 11.0 Å². The third-order valence-corrected chi connectivity index (χ3v) is 5.45. The third kappa shape index (κ3) is 2.29. The first-order chi connectivity index (χ1) is 8.31. The van der Waals surface area contributed by atoms with E-state index < -0.39 is 9.84 Å². The highest BCUT2D eigenvalue weighted by molar-refractivity contribution is 7.91. The molecule has 0 fully saturated rings. The average Bonchev–Trinajstić information content (AvgIpc) is 2.54. The second-order valence-electron chi connectivity index (χ2n) is 5.14. The number of rotatable bonds is 3. The zero-order chi connectivity index (χ0) is 13.5. The number of sulfone groups is 1. The Bertz CT molecular complexity index is 681. The van der Waals surface area contributed by atoms with Crippen LogP contribution < -0.4 is 0 Å². The van der Waals surface area contributed by atoms with Crippen LogP contribution in [0.15, 0.2) is 24.4 Å². The fourth-order valence-electron chi connectivity index (χ4n) is 2.09. The van der Waals surface area contributed by atoms with Gasteiger partial charge in [-0.3, -0.25) is 0 Å². The van der Waals surface area contributed by atoms with E-state index in [9.17, 15) is 8.42 Å². The van der Waals surface area contributed by atoms with Crippen LogP contribution in [0.25, 0.3) is 10.9 Å². The van der Waals surface area contributed by atoms with Gasteiger partial charge in [-0.25, -0.2) is 8.42 Å². The van der Waals surface area contributed by atoms with Crippen LogP contribution in [-0.2, 0) is 22.6 Å². The van der Waals surface area contributed by atoms with E-state index in [1.165, 1.54) is 0 Å². The van der Waals surface area contributed by atoms with E-state index in [0.29, 0.717) is 0 Å². The molecular weight excluding hydrogens is 246 g/mol. The molecule has 2 rings (SSSR count). The SMILES string of the molecule is Cc1ccc2c(c1)c(CS(=O)(=O)C(C)C)cn2C. The molecule has 1 aromatic carbocycles. The fraction of sp³-hybridized carbons (Fsp3) is 0.429. The van der Waals surface area contributed by atoms with E-state index in [1.54, 1.807) is 13.8 Å². The second kappa shape index (κ2) is 4.43. The standard InChI is InChI=1S/C14H19NO2S/c1-10(2)18(16,17)9-12-8-15(4)14-6-5-11(3)7-13(12)14/h5-8,10H,9H2,1-4H3. The Hall–Kier alpha value is -1.29. The molecule has 0 atom stereocenters. The van der Waals surface area contributed by atoms with Gasteiger partial charge >= 0.3 is 0 Å². The lowest BCUT2D eigenvalue weighted by Gasteiger charge is -2.06. The molecule has 0 aliphatic heterocycles. The Kier molecular flexibility index (Phi) is 3.23. The largest absolute Gasteiger partial charge is 0.350 e. The monoisotopic (exact) mass is 265 g/mol. The summed E-state index contributed by atoms with van der Waals surface area (Å²) >= 11 is 0. The van der Waals surface area contributed by atoms with Crippen molar-refractivity contribution >= 4 is 20.7 Å². The molecule has 0 unspecified atom stereocenters. The van der Waals surface area contributed by atoms with Crippen LogP contribution >= 0.6 is 0 Å². The van der Waals surface area contributed by atoms with Crippen LogP contribution in [0.4, 0.5) is 0 Å². The fourth-order valence-corrected chi connectivity index (χ4v) is 3.08. The van der Waals surface area contributed by atoms with Gasteiger partial charge in [-0.05, 0) is 38.5 Å². The van der Waals surface area contributed by atoms with Crippen molar-refractivity contribution < 1.29 is 8.42 Å². The summed E-state index contributed by atoms with van der Waals surface area (Å²) in [6.07, 6.45) is 1.92. The summed E-state index contributed by atoms with van der Waals surface area (Å²) in [5.41, 5.74) is 3.12. The van der Waals surface area contributed by atoms with Gasteiger partial charge in [-0.2, -0.15) is 0 Å². The van der Waals surface area contributed by atoms with Gasteiger partial charge < -0.3 is 4.57 Å². The van der Waals surface area contributed by atoms with Crippen molar-refractivity contribution in [3.63, 3.8) is 0 Å². The van der Waals surface area contributed by atoms with E-state index in [0.717, 1.165) is 22.0 Å². The Morgan fingerprint density at radius 3 is 2.56 bits per heavy atom. The van der Waals surface area contributed by atoms with Crippen LogP contribution in [-0.4, -0.2) is 18.2 Å². The number of nitrogens with zero attached hydrogens (tertiary/aromatic N) is 1. The molecule has 4 heteroatoms. The summed E-state index contributed by atoms with van der Waals surface area (Å²) in [6.45, 7) is 5.48. The summed E-state index contributed by atoms with van der Waals surface area (Å²) in [5, 5.41) is 0.708. The van der Waals surface area contributed by atoms with Crippen LogP contribution in [0.2, 0.25) is 0 Å². The molecule has 1 aromatic heterocycles. The van der Waals surface area contributed by atoms with Gasteiger partial charge in [-0.1, -0.05) is 11.6 Å². The third-order valence-electron chi connectivity index (χ3n) is 3.30. The number of fused-ring (bicyclic) bond motifs is 1. The number of hydrogen-bond acceptors (Lipinski definition) is 2. The zero-order valence-corrected chi connectivity index (χ0v) is 12.1. The van der Waals surface area contributed by atoms with Crippen LogP contribution in [0.1, 0.15) is 25.0 Å². The van der Waals surface area contributed by atoms with Crippen molar-refractivity contribution in [3.05, 3.63) is 35.5 Å². The molecule has 0 aliphatic carbocycles. The minimum Gasteiger partial charge on any atom is -0.350 e. The van der Waals surface area contributed by atoms with E-state index in [1.807, 2.05) is 36.9 Å². The highest BCUT2D eigenvalue weighted by Gasteiger charge is 2.19. The molecule has 0 bridgehead atoms. The molecule has 0 N–H and O–H groups in total. The summed E-state index contributed by atoms with van der Waals surface area (Å²) in [5.74, 6) is 0.117. The molecule has 2 aromatic rings. The Morgan fingerprint density at radius 1 is 1.28 bits per heavy atom. The first-order valence-electron chi connectivity index (χ1n) is 6.07. The van der Waals surface area contributed by atoms with Crippen molar-refractivity contribution in [2.24, 2.45) is 7.05 Å². The lowest BCUT2D eigenvalue weighted by atomic mass is 10.1. The first kappa shape index (κ1) is 13.1. The molecule has 1 heterocycles. The number of hydrogen-bond donors (Lipinski definition) is 0. The van der Waals surface area contributed by atoms with Crippen LogP contribution in [0.5, 0.6) is 0 Å². The van der Waals surface area contributed by atoms with E-state index >= 15 is 0 Å². The number of benzene rings is 1. The smallest absolute Gasteiger partial charge is 0.156 e. The molecule has 18 heavy (non-hydrogen) atoms. The zero-order valence-electron chi connectivity index (χ0n) is 11.3. The maximum Gasteiger partial charge on any atom is 0.156 e. The highest BCUT2D eigenvalue weighted by Crippen LogP contribution is 2.24. The number of aryl methyl sites for hydroxylation is 2. The lowest BCUT2D eigenvalue weighted by Crippen LogP contribution is -2.15. The van der Waals surface area contributed by atoms with Gasteiger partial charge in [0.1, 0.15) is 0 Å². The van der Waals surface area contributed by atoms with Gasteiger partial charge in [0.2, 0.25) is 0 Å². The summed E-state index contributed by atoms with van der Waals surface area (Å²) in [6, 6.07) is 6.14. The predicted octanol–water partition coefficient (Wildman–Crippen LogP) is 2.81. The topological polar surface area (TPSA) is 39.1 Å². The minimum atomic E-state index is -3.06. The highest BCUT2D eigenvalue weighted by atomic mass is 32.2. The van der Waals surface area contributed by atoms with Gasteiger partial charge in [0.25, 0.3) is 0 Å². The maximum atomic E-state index is 12.0. The summed E-state index contributed by atoms with van der Waals surface area (Å²) < 4.78 is 26.0. The molecule has 0 spiro atoms. The quantitative estimate of drug-likeness (QED) is 0.856. The van der Waals surface area contributed by atoms with Crippen LogP contribution in [0.3, 0.4) is 0 Å². The van der Waals surface area contributed by atoms with Gasteiger partial charge in [-0.15, -0.1) is 0 Å². The van der Waals surface area contributed by atoms with Gasteiger partial charge in [0, 0.05) is 24.1 Å².